The molecule has 1 fully saturated rings. The van der Waals surface area contributed by atoms with Crippen molar-refractivity contribution in [3.05, 3.63) is 54.6 Å². The Morgan fingerprint density at radius 1 is 0.885 bits per heavy atom. The van der Waals surface area contributed by atoms with Crippen LogP contribution < -0.4 is 16.0 Å². The molecule has 136 valence electrons. The Bertz CT molecular complexity index is 740. The lowest BCUT2D eigenvalue weighted by Gasteiger charge is -2.22. The number of carbonyl (C=O) groups excluding carboxylic acids is 2. The Labute approximate surface area is 154 Å². The maximum Gasteiger partial charge on any atom is 0.315 e. The van der Waals surface area contributed by atoms with E-state index in [1.165, 1.54) is 6.42 Å². The van der Waals surface area contributed by atoms with Crippen LogP contribution in [0.2, 0.25) is 0 Å². The molecule has 3 N–H and O–H groups in total. The van der Waals surface area contributed by atoms with Gasteiger partial charge in [0, 0.05) is 17.3 Å². The second-order valence-corrected chi connectivity index (χ2v) is 6.62. The lowest BCUT2D eigenvalue weighted by Crippen LogP contribution is -2.45. The summed E-state index contributed by atoms with van der Waals surface area (Å²) in [6.45, 7) is -0.0539. The predicted octanol–water partition coefficient (Wildman–Crippen LogP) is 3.92. The highest BCUT2D eigenvalue weighted by Crippen LogP contribution is 2.27. The van der Waals surface area contributed by atoms with E-state index >= 15 is 0 Å². The van der Waals surface area contributed by atoms with Gasteiger partial charge in [-0.1, -0.05) is 67.8 Å². The molecule has 0 aliphatic heterocycles. The Kier molecular flexibility index (Phi) is 6.25. The summed E-state index contributed by atoms with van der Waals surface area (Å²) in [6.07, 6.45) is 5.58. The minimum atomic E-state index is -0.275. The number of anilines is 1. The highest BCUT2D eigenvalue weighted by molar-refractivity contribution is 5.97. The molecular weight excluding hydrogens is 326 g/mol. The van der Waals surface area contributed by atoms with Crippen LogP contribution >= 0.6 is 0 Å². The Morgan fingerprint density at radius 3 is 2.35 bits per heavy atom. The zero-order valence-corrected chi connectivity index (χ0v) is 14.8. The van der Waals surface area contributed by atoms with Crippen molar-refractivity contribution in [1.29, 1.82) is 0 Å². The van der Waals surface area contributed by atoms with E-state index in [0.29, 0.717) is 0 Å². The molecule has 1 aliphatic carbocycles. The molecular formula is C21H25N3O2. The van der Waals surface area contributed by atoms with Gasteiger partial charge in [-0.25, -0.2) is 4.79 Å². The highest BCUT2D eigenvalue weighted by Gasteiger charge is 2.16. The molecule has 1 aliphatic rings. The summed E-state index contributed by atoms with van der Waals surface area (Å²) in [5.74, 6) is -0.243. The van der Waals surface area contributed by atoms with Crippen LogP contribution in [-0.2, 0) is 4.79 Å². The maximum absolute atomic E-state index is 12.2. The van der Waals surface area contributed by atoms with Gasteiger partial charge in [-0.2, -0.15) is 0 Å². The van der Waals surface area contributed by atoms with Gasteiger partial charge in [-0.15, -0.1) is 0 Å². The zero-order chi connectivity index (χ0) is 18.2. The molecule has 0 radical (unpaired) electrons. The van der Waals surface area contributed by atoms with Gasteiger partial charge >= 0.3 is 6.03 Å². The summed E-state index contributed by atoms with van der Waals surface area (Å²) >= 11 is 0. The molecule has 0 unspecified atom stereocenters. The van der Waals surface area contributed by atoms with E-state index in [9.17, 15) is 9.59 Å². The van der Waals surface area contributed by atoms with Gasteiger partial charge in [0.2, 0.25) is 5.91 Å². The normalized spacial score (nSPS) is 14.5. The molecule has 26 heavy (non-hydrogen) atoms. The van der Waals surface area contributed by atoms with Crippen LogP contribution in [0.15, 0.2) is 54.6 Å². The van der Waals surface area contributed by atoms with Gasteiger partial charge in [0.25, 0.3) is 0 Å². The van der Waals surface area contributed by atoms with Gasteiger partial charge in [0.15, 0.2) is 0 Å². The molecule has 5 nitrogen and oxygen atoms in total. The topological polar surface area (TPSA) is 70.2 Å². The molecule has 0 atom stereocenters. The van der Waals surface area contributed by atoms with Gasteiger partial charge < -0.3 is 16.0 Å². The third kappa shape index (κ3) is 5.09. The second kappa shape index (κ2) is 9.04. The lowest BCUT2D eigenvalue weighted by molar-refractivity contribution is -0.115. The SMILES string of the molecule is O=C(CNC(=O)NC1CCCCC1)Nc1ccccc1-c1ccccc1. The molecule has 1 saturated carbocycles. The Morgan fingerprint density at radius 2 is 1.58 bits per heavy atom. The number of hydrogen-bond acceptors (Lipinski definition) is 2. The van der Waals surface area contributed by atoms with E-state index in [2.05, 4.69) is 16.0 Å². The monoisotopic (exact) mass is 351 g/mol. The summed E-state index contributed by atoms with van der Waals surface area (Å²) < 4.78 is 0. The van der Waals surface area contributed by atoms with Crippen molar-refractivity contribution in [3.8, 4) is 11.1 Å². The van der Waals surface area contributed by atoms with Gasteiger partial charge in [0.05, 0.1) is 6.54 Å². The molecule has 2 aromatic rings. The minimum absolute atomic E-state index is 0.0539. The summed E-state index contributed by atoms with van der Waals surface area (Å²) in [5, 5.41) is 8.48. The van der Waals surface area contributed by atoms with Gasteiger partial charge in [-0.05, 0) is 24.5 Å². The number of nitrogens with one attached hydrogen (secondary N) is 3. The zero-order valence-electron chi connectivity index (χ0n) is 14.8. The molecule has 2 aromatic carbocycles. The van der Waals surface area contributed by atoms with E-state index in [0.717, 1.165) is 42.5 Å². The fourth-order valence-electron chi connectivity index (χ4n) is 3.30. The van der Waals surface area contributed by atoms with Crippen molar-refractivity contribution in [2.75, 3.05) is 11.9 Å². The predicted molar refractivity (Wildman–Crippen MR) is 104 cm³/mol. The number of carbonyl (C=O) groups is 2. The summed E-state index contributed by atoms with van der Waals surface area (Å²) in [5.41, 5.74) is 2.72. The second-order valence-electron chi connectivity index (χ2n) is 6.62. The van der Waals surface area contributed by atoms with Crippen molar-refractivity contribution in [2.45, 2.75) is 38.1 Å². The smallest absolute Gasteiger partial charge is 0.315 e. The number of para-hydroxylation sites is 1. The van der Waals surface area contributed by atoms with E-state index in [-0.39, 0.29) is 24.5 Å². The van der Waals surface area contributed by atoms with Crippen molar-refractivity contribution in [2.24, 2.45) is 0 Å². The average Bonchev–Trinajstić information content (AvgIpc) is 2.68. The first-order valence-electron chi connectivity index (χ1n) is 9.21. The molecule has 0 aromatic heterocycles. The molecule has 0 saturated heterocycles. The largest absolute Gasteiger partial charge is 0.335 e. The first-order chi connectivity index (χ1) is 12.7. The number of urea groups is 1. The summed E-state index contributed by atoms with van der Waals surface area (Å²) in [7, 11) is 0. The number of rotatable bonds is 5. The molecule has 0 bridgehead atoms. The van der Waals surface area contributed by atoms with Crippen LogP contribution in [0.4, 0.5) is 10.5 Å². The standard InChI is InChI=1S/C21H25N3O2/c25-20(15-22-21(26)23-17-11-5-2-6-12-17)24-19-14-8-7-13-18(19)16-9-3-1-4-10-16/h1,3-4,7-10,13-14,17H,2,5-6,11-12,15H2,(H,24,25)(H2,22,23,26). The third-order valence-electron chi connectivity index (χ3n) is 4.64. The van der Waals surface area contributed by atoms with Crippen molar-refractivity contribution < 1.29 is 9.59 Å². The number of amides is 3. The van der Waals surface area contributed by atoms with Crippen molar-refractivity contribution >= 4 is 17.6 Å². The van der Waals surface area contributed by atoms with Crippen LogP contribution in [0.1, 0.15) is 32.1 Å². The summed E-state index contributed by atoms with van der Waals surface area (Å²) in [6, 6.07) is 17.5. The molecule has 0 heterocycles. The number of benzene rings is 2. The molecule has 3 rings (SSSR count). The Hall–Kier alpha value is -2.82. The van der Waals surface area contributed by atoms with E-state index < -0.39 is 0 Å². The first-order valence-corrected chi connectivity index (χ1v) is 9.21. The van der Waals surface area contributed by atoms with Crippen LogP contribution in [0.3, 0.4) is 0 Å². The van der Waals surface area contributed by atoms with Crippen LogP contribution in [0.5, 0.6) is 0 Å². The maximum atomic E-state index is 12.2. The van der Waals surface area contributed by atoms with Gasteiger partial charge in [-0.3, -0.25) is 4.79 Å². The van der Waals surface area contributed by atoms with Crippen molar-refractivity contribution in [3.63, 3.8) is 0 Å². The quantitative estimate of drug-likeness (QED) is 0.764. The van der Waals surface area contributed by atoms with Crippen molar-refractivity contribution in [1.82, 2.24) is 10.6 Å². The number of hydrogen-bond donors (Lipinski definition) is 3. The van der Waals surface area contributed by atoms with Crippen LogP contribution in [0.25, 0.3) is 11.1 Å². The van der Waals surface area contributed by atoms with Crippen LogP contribution in [0, 0.1) is 0 Å². The molecule has 0 spiro atoms. The minimum Gasteiger partial charge on any atom is -0.335 e. The fraction of sp³-hybridized carbons (Fsp3) is 0.333. The third-order valence-corrected chi connectivity index (χ3v) is 4.64. The molecule has 3 amide bonds. The highest BCUT2D eigenvalue weighted by atomic mass is 16.2. The van der Waals surface area contributed by atoms with E-state index in [1.807, 2.05) is 54.6 Å². The summed E-state index contributed by atoms with van der Waals surface area (Å²) in [4.78, 5) is 24.2. The van der Waals surface area contributed by atoms with E-state index in [4.69, 9.17) is 0 Å². The van der Waals surface area contributed by atoms with Gasteiger partial charge in [0.1, 0.15) is 0 Å². The average molecular weight is 351 g/mol. The lowest BCUT2D eigenvalue weighted by atomic mass is 9.96. The van der Waals surface area contributed by atoms with E-state index in [1.54, 1.807) is 0 Å². The Balaban J connectivity index is 1.53. The van der Waals surface area contributed by atoms with Crippen LogP contribution in [-0.4, -0.2) is 24.5 Å². The fourth-order valence-corrected chi connectivity index (χ4v) is 3.30. The molecule has 5 heteroatoms. The first kappa shape index (κ1) is 18.0.